The molecule has 114 valence electrons. The Morgan fingerprint density at radius 3 is 2.48 bits per heavy atom. The molecule has 0 aliphatic carbocycles. The summed E-state index contributed by atoms with van der Waals surface area (Å²) in [5.41, 5.74) is 1.19. The van der Waals surface area contributed by atoms with Crippen molar-refractivity contribution in [2.24, 2.45) is 0 Å². The van der Waals surface area contributed by atoms with Crippen molar-refractivity contribution in [1.29, 1.82) is 0 Å². The number of fused-ring (bicyclic) bond motifs is 2. The summed E-state index contributed by atoms with van der Waals surface area (Å²) in [6, 6.07) is 9.37. The number of ether oxygens (including phenoxy) is 1. The molecule has 2 fully saturated rings. The number of carbonyl (C=O) groups is 1. The molecule has 2 aliphatic rings. The number of rotatable bonds is 4. The van der Waals surface area contributed by atoms with Gasteiger partial charge in [-0.25, -0.2) is 0 Å². The fourth-order valence-electron chi connectivity index (χ4n) is 3.43. The SMILES string of the molecule is Cc1ccc(OCC(=O)N(C)C2CC3CCC(C2)N3)cc1. The maximum Gasteiger partial charge on any atom is 0.260 e. The number of benzene rings is 1. The van der Waals surface area contributed by atoms with Crippen LogP contribution in [-0.4, -0.2) is 42.6 Å². The molecule has 4 heteroatoms. The average molecular weight is 288 g/mol. The Morgan fingerprint density at radius 1 is 1.24 bits per heavy atom. The van der Waals surface area contributed by atoms with Gasteiger partial charge in [-0.1, -0.05) is 17.7 Å². The van der Waals surface area contributed by atoms with E-state index in [0.717, 1.165) is 18.6 Å². The third-order valence-corrected chi connectivity index (χ3v) is 4.77. The normalized spacial score (nSPS) is 27.4. The topological polar surface area (TPSA) is 41.6 Å². The van der Waals surface area contributed by atoms with Crippen LogP contribution in [0.2, 0.25) is 0 Å². The highest BCUT2D eigenvalue weighted by Gasteiger charge is 2.36. The largest absolute Gasteiger partial charge is 0.484 e. The minimum Gasteiger partial charge on any atom is -0.484 e. The maximum absolute atomic E-state index is 12.3. The van der Waals surface area contributed by atoms with E-state index < -0.39 is 0 Å². The number of hydrogen-bond acceptors (Lipinski definition) is 3. The summed E-state index contributed by atoms with van der Waals surface area (Å²) in [6.07, 6.45) is 4.65. The van der Waals surface area contributed by atoms with Crippen LogP contribution in [-0.2, 0) is 4.79 Å². The summed E-state index contributed by atoms with van der Waals surface area (Å²) >= 11 is 0. The van der Waals surface area contributed by atoms with Gasteiger partial charge in [0.2, 0.25) is 0 Å². The minimum absolute atomic E-state index is 0.0712. The summed E-state index contributed by atoms with van der Waals surface area (Å²) in [6.45, 7) is 2.16. The van der Waals surface area contributed by atoms with E-state index in [1.54, 1.807) is 0 Å². The second-order valence-electron chi connectivity index (χ2n) is 6.37. The van der Waals surface area contributed by atoms with E-state index in [1.165, 1.54) is 18.4 Å². The van der Waals surface area contributed by atoms with Gasteiger partial charge in [-0.15, -0.1) is 0 Å². The van der Waals surface area contributed by atoms with Crippen molar-refractivity contribution in [1.82, 2.24) is 10.2 Å². The summed E-state index contributed by atoms with van der Waals surface area (Å²) in [5, 5.41) is 3.61. The van der Waals surface area contributed by atoms with Crippen LogP contribution in [0.1, 0.15) is 31.2 Å². The van der Waals surface area contributed by atoms with Crippen LogP contribution >= 0.6 is 0 Å². The molecule has 0 spiro atoms. The molecule has 1 N–H and O–H groups in total. The number of nitrogens with zero attached hydrogens (tertiary/aromatic N) is 1. The zero-order valence-corrected chi connectivity index (χ0v) is 12.8. The van der Waals surface area contributed by atoms with E-state index in [2.05, 4.69) is 5.32 Å². The van der Waals surface area contributed by atoms with Crippen molar-refractivity contribution >= 4 is 5.91 Å². The van der Waals surface area contributed by atoms with E-state index in [0.29, 0.717) is 18.1 Å². The van der Waals surface area contributed by atoms with Gasteiger partial charge in [0.15, 0.2) is 6.61 Å². The second kappa shape index (κ2) is 6.06. The molecule has 2 aliphatic heterocycles. The Bertz CT molecular complexity index is 488. The molecule has 2 atom stereocenters. The van der Waals surface area contributed by atoms with Crippen molar-refractivity contribution in [2.75, 3.05) is 13.7 Å². The molecule has 1 amide bonds. The monoisotopic (exact) mass is 288 g/mol. The quantitative estimate of drug-likeness (QED) is 0.922. The van der Waals surface area contributed by atoms with E-state index >= 15 is 0 Å². The number of amides is 1. The lowest BCUT2D eigenvalue weighted by Gasteiger charge is -2.35. The van der Waals surface area contributed by atoms with Crippen molar-refractivity contribution in [3.8, 4) is 5.75 Å². The number of likely N-dealkylation sites (N-methyl/N-ethyl adjacent to an activating group) is 1. The molecule has 21 heavy (non-hydrogen) atoms. The van der Waals surface area contributed by atoms with Crippen molar-refractivity contribution in [3.63, 3.8) is 0 Å². The maximum atomic E-state index is 12.3. The van der Waals surface area contributed by atoms with E-state index in [9.17, 15) is 4.79 Å². The lowest BCUT2D eigenvalue weighted by atomic mass is 9.98. The van der Waals surface area contributed by atoms with Gasteiger partial charge in [0, 0.05) is 25.2 Å². The average Bonchev–Trinajstić information content (AvgIpc) is 2.84. The summed E-state index contributed by atoms with van der Waals surface area (Å²) in [5.74, 6) is 0.828. The molecule has 0 radical (unpaired) electrons. The predicted octanol–water partition coefficient (Wildman–Crippen LogP) is 2.12. The lowest BCUT2D eigenvalue weighted by Crippen LogP contribution is -2.49. The van der Waals surface area contributed by atoms with Crippen LogP contribution < -0.4 is 10.1 Å². The van der Waals surface area contributed by atoms with Crippen molar-refractivity contribution in [2.45, 2.75) is 50.7 Å². The van der Waals surface area contributed by atoms with Crippen LogP contribution in [0.4, 0.5) is 0 Å². The molecule has 4 nitrogen and oxygen atoms in total. The summed E-state index contributed by atoms with van der Waals surface area (Å²) in [4.78, 5) is 14.2. The molecule has 2 bridgehead atoms. The van der Waals surface area contributed by atoms with Crippen molar-refractivity contribution in [3.05, 3.63) is 29.8 Å². The summed E-state index contributed by atoms with van der Waals surface area (Å²) < 4.78 is 5.60. The first-order chi connectivity index (χ1) is 10.1. The molecule has 3 rings (SSSR count). The molecule has 2 unspecified atom stereocenters. The van der Waals surface area contributed by atoms with Crippen LogP contribution in [0.15, 0.2) is 24.3 Å². The predicted molar refractivity (Wildman–Crippen MR) is 82.4 cm³/mol. The van der Waals surface area contributed by atoms with Crippen LogP contribution in [0, 0.1) is 6.92 Å². The number of piperidine rings is 1. The Balaban J connectivity index is 1.51. The number of hydrogen-bond donors (Lipinski definition) is 1. The second-order valence-corrected chi connectivity index (χ2v) is 6.37. The molecule has 0 aromatic heterocycles. The third-order valence-electron chi connectivity index (χ3n) is 4.77. The molecule has 1 aromatic rings. The highest BCUT2D eigenvalue weighted by atomic mass is 16.5. The number of aryl methyl sites for hydroxylation is 1. The minimum atomic E-state index is 0.0712. The Hall–Kier alpha value is -1.55. The van der Waals surface area contributed by atoms with Gasteiger partial charge >= 0.3 is 0 Å². The molecule has 1 aromatic carbocycles. The molecular formula is C17H24N2O2. The molecular weight excluding hydrogens is 264 g/mol. The van der Waals surface area contributed by atoms with E-state index in [-0.39, 0.29) is 12.5 Å². The Labute approximate surface area is 126 Å². The highest BCUT2D eigenvalue weighted by molar-refractivity contribution is 5.77. The molecule has 2 heterocycles. The zero-order valence-electron chi connectivity index (χ0n) is 12.8. The smallest absolute Gasteiger partial charge is 0.260 e. The van der Waals surface area contributed by atoms with Crippen LogP contribution in [0.5, 0.6) is 5.75 Å². The Kier molecular flexibility index (Phi) is 4.15. The van der Waals surface area contributed by atoms with Gasteiger partial charge in [0.25, 0.3) is 5.91 Å². The Morgan fingerprint density at radius 2 is 1.86 bits per heavy atom. The fourth-order valence-corrected chi connectivity index (χ4v) is 3.43. The van der Waals surface area contributed by atoms with Gasteiger partial charge in [0.05, 0.1) is 0 Å². The number of carbonyl (C=O) groups excluding carboxylic acids is 1. The first kappa shape index (κ1) is 14.4. The highest BCUT2D eigenvalue weighted by Crippen LogP contribution is 2.29. The van der Waals surface area contributed by atoms with Gasteiger partial charge in [-0.2, -0.15) is 0 Å². The van der Waals surface area contributed by atoms with E-state index in [4.69, 9.17) is 4.74 Å². The zero-order chi connectivity index (χ0) is 14.8. The van der Waals surface area contributed by atoms with Crippen LogP contribution in [0.25, 0.3) is 0 Å². The first-order valence-corrected chi connectivity index (χ1v) is 7.83. The van der Waals surface area contributed by atoms with Crippen LogP contribution in [0.3, 0.4) is 0 Å². The van der Waals surface area contributed by atoms with Gasteiger partial charge in [0.1, 0.15) is 5.75 Å². The fraction of sp³-hybridized carbons (Fsp3) is 0.588. The van der Waals surface area contributed by atoms with Gasteiger partial charge in [-0.3, -0.25) is 4.79 Å². The van der Waals surface area contributed by atoms with Gasteiger partial charge in [-0.05, 0) is 44.7 Å². The molecule has 2 saturated heterocycles. The lowest BCUT2D eigenvalue weighted by molar-refractivity contribution is -0.134. The number of nitrogens with one attached hydrogen (secondary N) is 1. The summed E-state index contributed by atoms with van der Waals surface area (Å²) in [7, 11) is 1.91. The third kappa shape index (κ3) is 3.38. The first-order valence-electron chi connectivity index (χ1n) is 7.83. The standard InChI is InChI=1S/C17H24N2O2/c1-12-3-7-16(8-4-12)21-11-17(20)19(2)15-9-13-5-6-14(10-15)18-13/h3-4,7-8,13-15,18H,5-6,9-11H2,1-2H3. The van der Waals surface area contributed by atoms with Crippen molar-refractivity contribution < 1.29 is 9.53 Å². The van der Waals surface area contributed by atoms with E-state index in [1.807, 2.05) is 43.1 Å². The molecule has 0 saturated carbocycles. The van der Waals surface area contributed by atoms with Gasteiger partial charge < -0.3 is 15.0 Å².